The van der Waals surface area contributed by atoms with Crippen LogP contribution in [0.15, 0.2) is 36.5 Å². The van der Waals surface area contributed by atoms with Crippen LogP contribution in [0.5, 0.6) is 5.75 Å². The van der Waals surface area contributed by atoms with Crippen molar-refractivity contribution in [3.05, 3.63) is 53.6 Å². The predicted molar refractivity (Wildman–Crippen MR) is 70.2 cm³/mol. The molecule has 0 bridgehead atoms. The van der Waals surface area contributed by atoms with Crippen LogP contribution in [0.25, 0.3) is 0 Å². The molecule has 0 unspecified atom stereocenters. The van der Waals surface area contributed by atoms with Gasteiger partial charge in [-0.2, -0.15) is 0 Å². The molecule has 0 spiro atoms. The number of carbonyl (C=O) groups is 2. The van der Waals surface area contributed by atoms with Crippen molar-refractivity contribution in [1.29, 1.82) is 0 Å². The Hall–Kier alpha value is -2.63. The molecule has 2 rings (SSSR count). The Morgan fingerprint density at radius 2 is 2.10 bits per heavy atom. The van der Waals surface area contributed by atoms with Crippen LogP contribution in [0.1, 0.15) is 20.8 Å². The van der Waals surface area contributed by atoms with Gasteiger partial charge in [0, 0.05) is 19.3 Å². The maximum absolute atomic E-state index is 13.5. The molecule has 1 aromatic carbocycles. The summed E-state index contributed by atoms with van der Waals surface area (Å²) < 4.78 is 20.4. The van der Waals surface area contributed by atoms with Crippen molar-refractivity contribution in [2.45, 2.75) is 0 Å². The van der Waals surface area contributed by atoms with Crippen molar-refractivity contribution < 1.29 is 18.7 Å². The third kappa shape index (κ3) is 2.85. The summed E-state index contributed by atoms with van der Waals surface area (Å²) in [4.78, 5) is 22.7. The summed E-state index contributed by atoms with van der Waals surface area (Å²) in [5.74, 6) is -1.69. The lowest BCUT2D eigenvalue weighted by molar-refractivity contribution is 0.0911. The van der Waals surface area contributed by atoms with E-state index in [2.05, 4.69) is 0 Å². The fourth-order valence-corrected chi connectivity index (χ4v) is 1.76. The number of benzene rings is 1. The van der Waals surface area contributed by atoms with Crippen LogP contribution < -0.4 is 10.5 Å². The minimum Gasteiger partial charge on any atom is -0.485 e. The highest BCUT2D eigenvalue weighted by atomic mass is 19.1. The first-order valence-corrected chi connectivity index (χ1v) is 5.85. The van der Waals surface area contributed by atoms with Crippen molar-refractivity contribution in [3.63, 3.8) is 0 Å². The van der Waals surface area contributed by atoms with Crippen LogP contribution in [0.2, 0.25) is 0 Å². The first kappa shape index (κ1) is 13.8. The molecule has 1 amide bonds. The number of nitrogens with two attached hydrogens (primary N) is 1. The van der Waals surface area contributed by atoms with Gasteiger partial charge in [-0.25, -0.2) is 4.39 Å². The molecule has 5 nitrogen and oxygen atoms in total. The van der Waals surface area contributed by atoms with Crippen molar-refractivity contribution in [2.75, 3.05) is 6.61 Å². The average Bonchev–Trinajstić information content (AvgIpc) is 2.82. The van der Waals surface area contributed by atoms with E-state index in [0.717, 1.165) is 6.07 Å². The van der Waals surface area contributed by atoms with Gasteiger partial charge < -0.3 is 15.0 Å². The zero-order chi connectivity index (χ0) is 14.7. The van der Waals surface area contributed by atoms with Crippen molar-refractivity contribution >= 4 is 11.7 Å². The highest BCUT2D eigenvalue weighted by Gasteiger charge is 2.12. The van der Waals surface area contributed by atoms with E-state index in [1.165, 1.54) is 12.1 Å². The Morgan fingerprint density at radius 1 is 1.35 bits per heavy atom. The smallest absolute Gasteiger partial charge is 0.251 e. The fourth-order valence-electron chi connectivity index (χ4n) is 1.76. The van der Waals surface area contributed by atoms with E-state index >= 15 is 0 Å². The molecule has 0 saturated carbocycles. The number of carbonyl (C=O) groups excluding carboxylic acids is 2. The number of rotatable bonds is 5. The molecule has 20 heavy (non-hydrogen) atoms. The topological polar surface area (TPSA) is 74.3 Å². The third-order valence-electron chi connectivity index (χ3n) is 2.81. The molecule has 0 radical (unpaired) electrons. The zero-order valence-corrected chi connectivity index (χ0v) is 10.8. The van der Waals surface area contributed by atoms with Crippen LogP contribution in [0.4, 0.5) is 4.39 Å². The summed E-state index contributed by atoms with van der Waals surface area (Å²) >= 11 is 0. The summed E-state index contributed by atoms with van der Waals surface area (Å²) in [7, 11) is 1.74. The van der Waals surface area contributed by atoms with Gasteiger partial charge in [0.05, 0.1) is 11.3 Å². The Labute approximate surface area is 114 Å². The van der Waals surface area contributed by atoms with Crippen molar-refractivity contribution in [3.8, 4) is 5.75 Å². The lowest BCUT2D eigenvalue weighted by Crippen LogP contribution is -2.16. The number of Topliss-reactive ketones (excluding diaryl/α,β-unsaturated/α-hetero) is 1. The summed E-state index contributed by atoms with van der Waals surface area (Å²) in [6.07, 6.45) is 1.74. The summed E-state index contributed by atoms with van der Waals surface area (Å²) in [6.45, 7) is -0.215. The number of aryl methyl sites for hydroxylation is 1. The van der Waals surface area contributed by atoms with Crippen LogP contribution in [0, 0.1) is 5.82 Å². The molecule has 2 N–H and O–H groups in total. The maximum Gasteiger partial charge on any atom is 0.251 e. The highest BCUT2D eigenvalue weighted by Crippen LogP contribution is 2.16. The SMILES string of the molecule is Cn1cccc1C(=O)COc1ccc(C(N)=O)c(F)c1. The van der Waals surface area contributed by atoms with Crippen LogP contribution >= 0.6 is 0 Å². The van der Waals surface area contributed by atoms with Gasteiger partial charge in [-0.3, -0.25) is 9.59 Å². The van der Waals surface area contributed by atoms with Crippen molar-refractivity contribution in [2.24, 2.45) is 12.8 Å². The molecule has 1 aromatic heterocycles. The quantitative estimate of drug-likeness (QED) is 0.841. The fraction of sp³-hybridized carbons (Fsp3) is 0.143. The van der Waals surface area contributed by atoms with Gasteiger partial charge in [0.15, 0.2) is 6.61 Å². The van der Waals surface area contributed by atoms with Crippen LogP contribution in [-0.4, -0.2) is 22.9 Å². The van der Waals surface area contributed by atoms with Crippen molar-refractivity contribution in [1.82, 2.24) is 4.57 Å². The van der Waals surface area contributed by atoms with Gasteiger partial charge in [0.1, 0.15) is 11.6 Å². The second-order valence-corrected chi connectivity index (χ2v) is 4.22. The Kier molecular flexibility index (Phi) is 3.84. The number of aromatic nitrogens is 1. The Morgan fingerprint density at radius 3 is 2.65 bits per heavy atom. The van der Waals surface area contributed by atoms with Gasteiger partial charge in [-0.1, -0.05) is 0 Å². The second kappa shape index (κ2) is 5.56. The van der Waals surface area contributed by atoms with Crippen LogP contribution in [-0.2, 0) is 7.05 Å². The molecular formula is C14H13FN2O3. The Balaban J connectivity index is 2.05. The molecular weight excluding hydrogens is 263 g/mol. The molecule has 0 aliphatic rings. The van der Waals surface area contributed by atoms with E-state index in [4.69, 9.17) is 10.5 Å². The average molecular weight is 276 g/mol. The molecule has 0 aliphatic carbocycles. The van der Waals surface area contributed by atoms with Gasteiger partial charge in [0.2, 0.25) is 5.78 Å². The number of primary amides is 1. The molecule has 0 fully saturated rings. The standard InChI is InChI=1S/C14H13FN2O3/c1-17-6-2-3-12(17)13(18)8-20-9-4-5-10(14(16)19)11(15)7-9/h2-7H,8H2,1H3,(H2,16,19). The minimum atomic E-state index is -0.853. The minimum absolute atomic E-state index is 0.162. The molecule has 2 aromatic rings. The number of amides is 1. The van der Waals surface area contributed by atoms with E-state index in [-0.39, 0.29) is 23.7 Å². The zero-order valence-electron chi connectivity index (χ0n) is 10.8. The lowest BCUT2D eigenvalue weighted by Gasteiger charge is -2.07. The summed E-state index contributed by atoms with van der Waals surface area (Å²) in [5, 5.41) is 0. The summed E-state index contributed by atoms with van der Waals surface area (Å²) in [6, 6.07) is 7.05. The molecule has 1 heterocycles. The number of hydrogen-bond donors (Lipinski definition) is 1. The van der Waals surface area contributed by atoms with Gasteiger partial charge in [-0.05, 0) is 24.3 Å². The summed E-state index contributed by atoms with van der Waals surface area (Å²) in [5.41, 5.74) is 5.27. The normalized spacial score (nSPS) is 10.3. The Bertz CT molecular complexity index is 664. The molecule has 0 aliphatic heterocycles. The largest absolute Gasteiger partial charge is 0.485 e. The number of ether oxygens (including phenoxy) is 1. The number of ketones is 1. The monoisotopic (exact) mass is 276 g/mol. The van der Waals surface area contributed by atoms with E-state index in [1.54, 1.807) is 29.9 Å². The van der Waals surface area contributed by atoms with Gasteiger partial charge in [0.25, 0.3) is 5.91 Å². The van der Waals surface area contributed by atoms with E-state index in [9.17, 15) is 14.0 Å². The van der Waals surface area contributed by atoms with Gasteiger partial charge in [-0.15, -0.1) is 0 Å². The number of halogens is 1. The molecule has 0 atom stereocenters. The van der Waals surface area contributed by atoms with Crippen LogP contribution in [0.3, 0.4) is 0 Å². The number of hydrogen-bond acceptors (Lipinski definition) is 3. The third-order valence-corrected chi connectivity index (χ3v) is 2.81. The first-order valence-electron chi connectivity index (χ1n) is 5.85. The highest BCUT2D eigenvalue weighted by molar-refractivity contribution is 5.96. The number of nitrogens with zero attached hydrogens (tertiary/aromatic N) is 1. The van der Waals surface area contributed by atoms with E-state index in [0.29, 0.717) is 5.69 Å². The predicted octanol–water partition coefficient (Wildman–Crippen LogP) is 1.52. The molecule has 104 valence electrons. The second-order valence-electron chi connectivity index (χ2n) is 4.22. The molecule has 0 saturated heterocycles. The van der Waals surface area contributed by atoms with E-state index < -0.39 is 11.7 Å². The molecule has 6 heteroatoms. The maximum atomic E-state index is 13.5. The lowest BCUT2D eigenvalue weighted by atomic mass is 10.2. The first-order chi connectivity index (χ1) is 9.49. The van der Waals surface area contributed by atoms with Gasteiger partial charge >= 0.3 is 0 Å². The van der Waals surface area contributed by atoms with E-state index in [1.807, 2.05) is 0 Å².